The molecule has 2 aromatic carbocycles. The number of nitrogens with zero attached hydrogens (tertiary/aromatic N) is 1. The molecule has 0 spiro atoms. The van der Waals surface area contributed by atoms with Crippen LogP contribution in [-0.4, -0.2) is 16.8 Å². The first-order chi connectivity index (χ1) is 11.0. The highest BCUT2D eigenvalue weighted by Crippen LogP contribution is 2.19. The highest BCUT2D eigenvalue weighted by Gasteiger charge is 2.33. The van der Waals surface area contributed by atoms with Gasteiger partial charge in [-0.1, -0.05) is 51.8 Å². The van der Waals surface area contributed by atoms with E-state index in [0.29, 0.717) is 5.02 Å². The fourth-order valence-corrected chi connectivity index (χ4v) is 2.60. The molecular formula is C17H12BrClN2O2. The summed E-state index contributed by atoms with van der Waals surface area (Å²) in [6.07, 6.45) is 1.66. The topological polar surface area (TPSA) is 49.4 Å². The van der Waals surface area contributed by atoms with Crippen molar-refractivity contribution in [3.63, 3.8) is 0 Å². The van der Waals surface area contributed by atoms with Crippen LogP contribution in [-0.2, 0) is 11.3 Å². The van der Waals surface area contributed by atoms with Crippen molar-refractivity contribution >= 4 is 45.5 Å². The quantitative estimate of drug-likeness (QED) is 0.630. The molecule has 116 valence electrons. The van der Waals surface area contributed by atoms with Gasteiger partial charge in [-0.15, -0.1) is 0 Å². The fourth-order valence-electron chi connectivity index (χ4n) is 2.21. The van der Waals surface area contributed by atoms with Crippen LogP contribution in [0.25, 0.3) is 6.08 Å². The molecule has 3 amide bonds. The molecule has 1 saturated heterocycles. The normalized spacial score (nSPS) is 16.1. The maximum absolute atomic E-state index is 12.4. The van der Waals surface area contributed by atoms with Crippen LogP contribution in [0.1, 0.15) is 11.1 Å². The van der Waals surface area contributed by atoms with Crippen LogP contribution in [0.4, 0.5) is 4.79 Å². The van der Waals surface area contributed by atoms with E-state index < -0.39 is 6.03 Å². The van der Waals surface area contributed by atoms with Gasteiger partial charge in [-0.25, -0.2) is 4.79 Å². The number of halogens is 2. The number of hydrogen-bond acceptors (Lipinski definition) is 2. The van der Waals surface area contributed by atoms with Gasteiger partial charge >= 0.3 is 6.03 Å². The molecule has 0 saturated carbocycles. The molecule has 0 aromatic heterocycles. The fraction of sp³-hybridized carbons (Fsp3) is 0.0588. The summed E-state index contributed by atoms with van der Waals surface area (Å²) in [4.78, 5) is 25.6. The zero-order valence-electron chi connectivity index (χ0n) is 11.9. The van der Waals surface area contributed by atoms with E-state index in [1.165, 1.54) is 4.90 Å². The predicted octanol–water partition coefficient (Wildman–Crippen LogP) is 4.20. The van der Waals surface area contributed by atoms with Crippen LogP contribution in [0.15, 0.2) is 58.7 Å². The van der Waals surface area contributed by atoms with E-state index in [1.54, 1.807) is 30.3 Å². The zero-order valence-corrected chi connectivity index (χ0v) is 14.3. The first-order valence-corrected chi connectivity index (χ1v) is 8.04. The Bertz CT molecular complexity index is 785. The van der Waals surface area contributed by atoms with Gasteiger partial charge in [0, 0.05) is 9.50 Å². The van der Waals surface area contributed by atoms with Gasteiger partial charge in [0.25, 0.3) is 5.91 Å². The largest absolute Gasteiger partial charge is 0.329 e. The van der Waals surface area contributed by atoms with Crippen LogP contribution in [0, 0.1) is 0 Å². The van der Waals surface area contributed by atoms with E-state index in [-0.39, 0.29) is 18.1 Å². The van der Waals surface area contributed by atoms with Crippen LogP contribution in [0.3, 0.4) is 0 Å². The third-order valence-corrected chi connectivity index (χ3v) is 4.18. The molecule has 1 aliphatic heterocycles. The predicted molar refractivity (Wildman–Crippen MR) is 92.7 cm³/mol. The van der Waals surface area contributed by atoms with E-state index in [9.17, 15) is 9.59 Å². The summed E-state index contributed by atoms with van der Waals surface area (Å²) >= 11 is 9.19. The Morgan fingerprint density at radius 2 is 1.70 bits per heavy atom. The zero-order chi connectivity index (χ0) is 16.4. The SMILES string of the molecule is O=C1N/C(=C\c2ccc(Br)cc2)C(=O)N1Cc1ccc(Cl)cc1. The molecule has 0 radical (unpaired) electrons. The second-order valence-corrected chi connectivity index (χ2v) is 6.41. The van der Waals surface area contributed by atoms with Crippen molar-refractivity contribution in [2.24, 2.45) is 0 Å². The summed E-state index contributed by atoms with van der Waals surface area (Å²) in [7, 11) is 0. The van der Waals surface area contributed by atoms with Crippen molar-refractivity contribution < 1.29 is 9.59 Å². The minimum absolute atomic E-state index is 0.208. The second-order valence-electron chi connectivity index (χ2n) is 5.06. The minimum Gasteiger partial charge on any atom is -0.303 e. The summed E-state index contributed by atoms with van der Waals surface area (Å²) in [6.45, 7) is 0.208. The smallest absolute Gasteiger partial charge is 0.303 e. The summed E-state index contributed by atoms with van der Waals surface area (Å²) in [6, 6.07) is 14.1. The van der Waals surface area contributed by atoms with E-state index >= 15 is 0 Å². The Hall–Kier alpha value is -2.11. The maximum Gasteiger partial charge on any atom is 0.329 e. The number of hydrogen-bond donors (Lipinski definition) is 1. The average molecular weight is 392 g/mol. The molecule has 2 aromatic rings. The standard InChI is InChI=1S/C17H12BrClN2O2/c18-13-5-1-11(2-6-13)9-15-16(22)21(17(23)20-15)10-12-3-7-14(19)8-4-12/h1-9H,10H2,(H,20,23)/b15-9-. The second kappa shape index (κ2) is 6.56. The van der Waals surface area contributed by atoms with Crippen LogP contribution in [0.2, 0.25) is 5.02 Å². The Labute approximate surface area is 146 Å². The Morgan fingerprint density at radius 3 is 2.35 bits per heavy atom. The van der Waals surface area contributed by atoms with E-state index in [1.807, 2.05) is 24.3 Å². The van der Waals surface area contributed by atoms with Crippen LogP contribution in [0.5, 0.6) is 0 Å². The monoisotopic (exact) mass is 390 g/mol. The molecule has 0 aliphatic carbocycles. The molecule has 0 bridgehead atoms. The van der Waals surface area contributed by atoms with Gasteiger partial charge in [0.15, 0.2) is 0 Å². The van der Waals surface area contributed by atoms with Gasteiger partial charge in [-0.3, -0.25) is 9.69 Å². The lowest BCUT2D eigenvalue weighted by Gasteiger charge is -2.11. The molecule has 1 aliphatic rings. The summed E-state index contributed by atoms with van der Waals surface area (Å²) < 4.78 is 0.950. The summed E-state index contributed by atoms with van der Waals surface area (Å²) in [5, 5.41) is 3.22. The average Bonchev–Trinajstić information content (AvgIpc) is 2.79. The highest BCUT2D eigenvalue weighted by atomic mass is 79.9. The molecule has 1 fully saturated rings. The summed E-state index contributed by atoms with van der Waals surface area (Å²) in [5.74, 6) is -0.340. The number of nitrogens with one attached hydrogen (secondary N) is 1. The molecule has 0 unspecified atom stereocenters. The number of imide groups is 1. The molecule has 4 nitrogen and oxygen atoms in total. The molecular weight excluding hydrogens is 380 g/mol. The van der Waals surface area contributed by atoms with Crippen molar-refractivity contribution in [1.82, 2.24) is 10.2 Å². The van der Waals surface area contributed by atoms with E-state index in [0.717, 1.165) is 15.6 Å². The van der Waals surface area contributed by atoms with Gasteiger partial charge in [0.05, 0.1) is 6.54 Å². The Kier molecular flexibility index (Phi) is 4.50. The number of carbonyl (C=O) groups excluding carboxylic acids is 2. The van der Waals surface area contributed by atoms with Crippen LogP contribution < -0.4 is 5.32 Å². The van der Waals surface area contributed by atoms with Crippen molar-refractivity contribution in [2.75, 3.05) is 0 Å². The number of amides is 3. The van der Waals surface area contributed by atoms with Gasteiger partial charge in [0.1, 0.15) is 5.70 Å². The van der Waals surface area contributed by atoms with Gasteiger partial charge in [-0.05, 0) is 41.5 Å². The lowest BCUT2D eigenvalue weighted by molar-refractivity contribution is -0.123. The van der Waals surface area contributed by atoms with Gasteiger partial charge in [0.2, 0.25) is 0 Å². The minimum atomic E-state index is -0.423. The number of carbonyl (C=O) groups is 2. The van der Waals surface area contributed by atoms with Crippen molar-refractivity contribution in [2.45, 2.75) is 6.54 Å². The first-order valence-electron chi connectivity index (χ1n) is 6.87. The third kappa shape index (κ3) is 3.63. The molecule has 3 rings (SSSR count). The number of rotatable bonds is 3. The lowest BCUT2D eigenvalue weighted by Crippen LogP contribution is -2.30. The maximum atomic E-state index is 12.4. The van der Waals surface area contributed by atoms with Gasteiger partial charge in [-0.2, -0.15) is 0 Å². The molecule has 0 atom stereocenters. The molecule has 6 heteroatoms. The molecule has 1 N–H and O–H groups in total. The summed E-state index contributed by atoms with van der Waals surface area (Å²) in [5.41, 5.74) is 1.94. The van der Waals surface area contributed by atoms with Gasteiger partial charge < -0.3 is 5.32 Å². The molecule has 23 heavy (non-hydrogen) atoms. The number of urea groups is 1. The first kappa shape index (κ1) is 15.8. The van der Waals surface area contributed by atoms with Crippen molar-refractivity contribution in [3.05, 3.63) is 74.9 Å². The Balaban J connectivity index is 1.79. The van der Waals surface area contributed by atoms with E-state index in [4.69, 9.17) is 11.6 Å². The van der Waals surface area contributed by atoms with E-state index in [2.05, 4.69) is 21.2 Å². The molecule has 1 heterocycles. The number of benzene rings is 2. The van der Waals surface area contributed by atoms with Crippen LogP contribution >= 0.6 is 27.5 Å². The third-order valence-electron chi connectivity index (χ3n) is 3.40. The van der Waals surface area contributed by atoms with Crippen molar-refractivity contribution in [1.29, 1.82) is 0 Å². The lowest BCUT2D eigenvalue weighted by atomic mass is 10.2. The Morgan fingerprint density at radius 1 is 1.04 bits per heavy atom. The van der Waals surface area contributed by atoms with Crippen molar-refractivity contribution in [3.8, 4) is 0 Å². The highest BCUT2D eigenvalue weighted by molar-refractivity contribution is 9.10.